The van der Waals surface area contributed by atoms with Crippen molar-refractivity contribution in [2.75, 3.05) is 0 Å². The highest BCUT2D eigenvalue weighted by Gasteiger charge is 2.22. The van der Waals surface area contributed by atoms with Gasteiger partial charge in [0.2, 0.25) is 0 Å². The summed E-state index contributed by atoms with van der Waals surface area (Å²) < 4.78 is 0. The summed E-state index contributed by atoms with van der Waals surface area (Å²) in [6, 6.07) is 67.5. The molecule has 10 aromatic rings. The minimum absolute atomic E-state index is 1.23. The van der Waals surface area contributed by atoms with Crippen molar-refractivity contribution >= 4 is 53.9 Å². The molecule has 0 spiro atoms. The van der Waals surface area contributed by atoms with Crippen LogP contribution in [0.1, 0.15) is 0 Å². The first-order valence-corrected chi connectivity index (χ1v) is 17.4. The van der Waals surface area contributed by atoms with Crippen molar-refractivity contribution < 1.29 is 0 Å². The van der Waals surface area contributed by atoms with E-state index in [9.17, 15) is 0 Å². The molecule has 1 aliphatic carbocycles. The number of benzene rings is 10. The summed E-state index contributed by atoms with van der Waals surface area (Å²) in [7, 11) is 0. The molecule has 0 nitrogen and oxygen atoms in total. The standard InChI is InChI=1S/C50H30/c1-2-13-41-39(11-1)40-12-3-6-16-44(40)49-30-36(23-24-45(41)49)35-22-21-33-27-32(19-20-34(33)28-35)31-9-7-10-37(29-31)38-25-26-48-43-15-5-4-14-42(43)47-18-8-17-46(38)50(47)48/h1-30H. The van der Waals surface area contributed by atoms with E-state index in [0.29, 0.717) is 0 Å². The second-order valence-corrected chi connectivity index (χ2v) is 13.6. The van der Waals surface area contributed by atoms with E-state index in [1.807, 2.05) is 0 Å². The molecule has 0 saturated carbocycles. The van der Waals surface area contributed by atoms with Crippen molar-refractivity contribution in [2.45, 2.75) is 0 Å². The maximum absolute atomic E-state index is 2.38. The van der Waals surface area contributed by atoms with Crippen LogP contribution >= 0.6 is 0 Å². The second-order valence-electron chi connectivity index (χ2n) is 13.6. The summed E-state index contributed by atoms with van der Waals surface area (Å²) >= 11 is 0. The minimum Gasteiger partial charge on any atom is -0.0616 e. The molecule has 0 atom stereocenters. The fourth-order valence-electron chi connectivity index (χ4n) is 8.62. The lowest BCUT2D eigenvalue weighted by Gasteiger charge is -2.13. The van der Waals surface area contributed by atoms with Gasteiger partial charge >= 0.3 is 0 Å². The van der Waals surface area contributed by atoms with Crippen LogP contribution in [-0.4, -0.2) is 0 Å². The summed E-state index contributed by atoms with van der Waals surface area (Å²) in [5.41, 5.74) is 12.8. The molecule has 0 aliphatic heterocycles. The van der Waals surface area contributed by atoms with Gasteiger partial charge in [-0.15, -0.1) is 0 Å². The van der Waals surface area contributed by atoms with Gasteiger partial charge < -0.3 is 0 Å². The fourth-order valence-corrected chi connectivity index (χ4v) is 8.62. The Kier molecular flexibility index (Phi) is 5.76. The monoisotopic (exact) mass is 630 g/mol. The largest absolute Gasteiger partial charge is 0.0616 e. The van der Waals surface area contributed by atoms with Crippen molar-refractivity contribution in [2.24, 2.45) is 0 Å². The third kappa shape index (κ3) is 4.00. The molecule has 0 heteroatoms. The highest BCUT2D eigenvalue weighted by atomic mass is 14.2. The topological polar surface area (TPSA) is 0 Å². The van der Waals surface area contributed by atoms with Crippen LogP contribution < -0.4 is 0 Å². The molecule has 0 radical (unpaired) electrons. The first kappa shape index (κ1) is 27.5. The summed E-state index contributed by atoms with van der Waals surface area (Å²) in [5, 5.41) is 13.0. The van der Waals surface area contributed by atoms with Gasteiger partial charge in [0.05, 0.1) is 0 Å². The molecule has 0 N–H and O–H groups in total. The summed E-state index contributed by atoms with van der Waals surface area (Å²) in [6.45, 7) is 0. The van der Waals surface area contributed by atoms with Crippen LogP contribution in [0.15, 0.2) is 182 Å². The number of hydrogen-bond acceptors (Lipinski definition) is 0. The molecule has 50 heavy (non-hydrogen) atoms. The summed E-state index contributed by atoms with van der Waals surface area (Å²) in [5.74, 6) is 0. The quantitative estimate of drug-likeness (QED) is 0.170. The van der Waals surface area contributed by atoms with Crippen LogP contribution in [-0.2, 0) is 0 Å². The van der Waals surface area contributed by atoms with E-state index in [-0.39, 0.29) is 0 Å². The zero-order valence-corrected chi connectivity index (χ0v) is 27.3. The van der Waals surface area contributed by atoms with Crippen molar-refractivity contribution in [3.05, 3.63) is 182 Å². The minimum atomic E-state index is 1.23. The van der Waals surface area contributed by atoms with Gasteiger partial charge in [-0.05, 0) is 134 Å². The molecule has 0 bridgehead atoms. The average Bonchev–Trinajstić information content (AvgIpc) is 3.52. The zero-order chi connectivity index (χ0) is 32.8. The van der Waals surface area contributed by atoms with Crippen molar-refractivity contribution in [3.63, 3.8) is 0 Å². The predicted molar refractivity (Wildman–Crippen MR) is 215 cm³/mol. The van der Waals surface area contributed by atoms with E-state index in [1.165, 1.54) is 109 Å². The Morgan fingerprint density at radius 2 is 0.640 bits per heavy atom. The van der Waals surface area contributed by atoms with Crippen LogP contribution in [0.4, 0.5) is 0 Å². The molecular weight excluding hydrogens is 601 g/mol. The van der Waals surface area contributed by atoms with Crippen LogP contribution in [0.5, 0.6) is 0 Å². The van der Waals surface area contributed by atoms with Crippen molar-refractivity contribution in [1.82, 2.24) is 0 Å². The van der Waals surface area contributed by atoms with Crippen LogP contribution in [0.3, 0.4) is 0 Å². The first-order chi connectivity index (χ1) is 24.8. The van der Waals surface area contributed by atoms with E-state index in [4.69, 9.17) is 0 Å². The average molecular weight is 631 g/mol. The maximum Gasteiger partial charge on any atom is -0.00201 e. The Bertz CT molecular complexity index is 2970. The van der Waals surface area contributed by atoms with E-state index in [2.05, 4.69) is 182 Å². The molecule has 1 aliphatic rings. The Morgan fingerprint density at radius 1 is 0.200 bits per heavy atom. The summed E-state index contributed by atoms with van der Waals surface area (Å²) in [6.07, 6.45) is 0. The van der Waals surface area contributed by atoms with Gasteiger partial charge in [-0.25, -0.2) is 0 Å². The number of fused-ring (bicyclic) bond motifs is 10. The number of hydrogen-bond donors (Lipinski definition) is 0. The maximum atomic E-state index is 2.38. The highest BCUT2D eigenvalue weighted by molar-refractivity contribution is 6.26. The lowest BCUT2D eigenvalue weighted by atomic mass is 9.91. The summed E-state index contributed by atoms with van der Waals surface area (Å²) in [4.78, 5) is 0. The van der Waals surface area contributed by atoms with Gasteiger partial charge in [0.1, 0.15) is 0 Å². The third-order valence-electron chi connectivity index (χ3n) is 11.0. The number of rotatable bonds is 3. The van der Waals surface area contributed by atoms with E-state index in [1.54, 1.807) is 0 Å². The van der Waals surface area contributed by atoms with Crippen molar-refractivity contribution in [1.29, 1.82) is 0 Å². The Labute approximate surface area is 290 Å². The third-order valence-corrected chi connectivity index (χ3v) is 11.0. The molecule has 0 fully saturated rings. The van der Waals surface area contributed by atoms with Crippen LogP contribution in [0, 0.1) is 0 Å². The van der Waals surface area contributed by atoms with E-state index >= 15 is 0 Å². The zero-order valence-electron chi connectivity index (χ0n) is 27.3. The Morgan fingerprint density at radius 3 is 1.32 bits per heavy atom. The van der Waals surface area contributed by atoms with Gasteiger partial charge in [0.15, 0.2) is 0 Å². The normalized spacial score (nSPS) is 12.0. The van der Waals surface area contributed by atoms with E-state index in [0.717, 1.165) is 0 Å². The SMILES string of the molecule is c1cc(-c2ccc3cc(-c4ccc5c6ccccc6c6ccccc6c5c4)ccc3c2)cc(-c2ccc3c4c(cccc24)-c2ccccc2-3)c1. The molecule has 11 rings (SSSR count). The van der Waals surface area contributed by atoms with Crippen LogP contribution in [0.25, 0.3) is 109 Å². The Hall–Kier alpha value is -6.50. The molecule has 0 unspecified atom stereocenters. The van der Waals surface area contributed by atoms with Gasteiger partial charge in [-0.2, -0.15) is 0 Å². The second kappa shape index (κ2) is 10.5. The van der Waals surface area contributed by atoms with Gasteiger partial charge in [-0.3, -0.25) is 0 Å². The van der Waals surface area contributed by atoms with Gasteiger partial charge in [-0.1, -0.05) is 158 Å². The predicted octanol–water partition coefficient (Wildman–Crippen LogP) is 14.1. The molecular formula is C50H30. The van der Waals surface area contributed by atoms with Crippen molar-refractivity contribution in [3.8, 4) is 55.6 Å². The molecule has 0 aromatic heterocycles. The lowest BCUT2D eigenvalue weighted by Crippen LogP contribution is -1.86. The molecule has 230 valence electrons. The van der Waals surface area contributed by atoms with Crippen LogP contribution in [0.2, 0.25) is 0 Å². The lowest BCUT2D eigenvalue weighted by molar-refractivity contribution is 1.62. The van der Waals surface area contributed by atoms with Gasteiger partial charge in [0, 0.05) is 0 Å². The molecule has 0 heterocycles. The fraction of sp³-hybridized carbons (Fsp3) is 0. The Balaban J connectivity index is 0.978. The first-order valence-electron chi connectivity index (χ1n) is 17.4. The molecule has 0 saturated heterocycles. The molecule has 10 aromatic carbocycles. The van der Waals surface area contributed by atoms with E-state index < -0.39 is 0 Å². The van der Waals surface area contributed by atoms with Gasteiger partial charge in [0.25, 0.3) is 0 Å². The molecule has 0 amide bonds. The smallest absolute Gasteiger partial charge is 0.00201 e. The highest BCUT2D eigenvalue weighted by Crippen LogP contribution is 2.49.